The van der Waals surface area contributed by atoms with Crippen LogP contribution in [0.2, 0.25) is 15.1 Å². The molecule has 2 nitrogen and oxygen atoms in total. The van der Waals surface area contributed by atoms with Crippen molar-refractivity contribution in [2.24, 2.45) is 5.73 Å². The van der Waals surface area contributed by atoms with E-state index < -0.39 is 0 Å². The second-order valence-corrected chi connectivity index (χ2v) is 6.12. The smallest absolute Gasteiger partial charge is 0.146 e. The van der Waals surface area contributed by atoms with E-state index in [-0.39, 0.29) is 6.04 Å². The molecule has 0 heterocycles. The van der Waals surface area contributed by atoms with Crippen molar-refractivity contribution in [3.8, 4) is 11.5 Å². The van der Waals surface area contributed by atoms with E-state index in [1.807, 2.05) is 18.2 Å². The van der Waals surface area contributed by atoms with Gasteiger partial charge in [0.2, 0.25) is 0 Å². The highest BCUT2D eigenvalue weighted by atomic mass is 35.5. The highest BCUT2D eigenvalue weighted by Crippen LogP contribution is 2.33. The van der Waals surface area contributed by atoms with Crippen molar-refractivity contribution >= 4 is 34.8 Å². The third-order valence-corrected chi connectivity index (χ3v) is 3.81. The summed E-state index contributed by atoms with van der Waals surface area (Å²) >= 11 is 18.1. The lowest BCUT2D eigenvalue weighted by Gasteiger charge is -2.12. The van der Waals surface area contributed by atoms with Gasteiger partial charge >= 0.3 is 0 Å². The summed E-state index contributed by atoms with van der Waals surface area (Å²) in [7, 11) is 0. The summed E-state index contributed by atoms with van der Waals surface area (Å²) in [4.78, 5) is 0. The van der Waals surface area contributed by atoms with Gasteiger partial charge in [0.25, 0.3) is 0 Å². The normalized spacial score (nSPS) is 12.2. The van der Waals surface area contributed by atoms with Crippen molar-refractivity contribution < 1.29 is 4.74 Å². The summed E-state index contributed by atoms with van der Waals surface area (Å²) < 4.78 is 5.73. The average Bonchev–Trinajstić information content (AvgIpc) is 2.40. The van der Waals surface area contributed by atoms with Gasteiger partial charge in [-0.1, -0.05) is 47.8 Å². The van der Waals surface area contributed by atoms with Crippen LogP contribution in [-0.4, -0.2) is 6.04 Å². The number of hydrogen-bond acceptors (Lipinski definition) is 2. The molecule has 2 rings (SSSR count). The maximum Gasteiger partial charge on any atom is 0.146 e. The molecule has 0 saturated heterocycles. The Hall–Kier alpha value is -0.930. The third-order valence-electron chi connectivity index (χ3n) is 3.08. The number of hydrogen-bond donors (Lipinski definition) is 1. The predicted octanol–water partition coefficient (Wildman–Crippen LogP) is 5.72. The molecule has 0 saturated carbocycles. The summed E-state index contributed by atoms with van der Waals surface area (Å²) in [6.07, 6.45) is 1.72. The molecule has 0 aliphatic rings. The molecule has 1 unspecified atom stereocenters. The minimum atomic E-state index is 0.138. The number of nitrogens with two attached hydrogens (primary N) is 1. The molecule has 112 valence electrons. The highest BCUT2D eigenvalue weighted by Gasteiger charge is 2.08. The first-order valence-corrected chi connectivity index (χ1v) is 7.79. The van der Waals surface area contributed by atoms with Gasteiger partial charge in [0.1, 0.15) is 11.5 Å². The topological polar surface area (TPSA) is 35.2 Å². The molecule has 5 heteroatoms. The minimum absolute atomic E-state index is 0.138. The van der Waals surface area contributed by atoms with Crippen LogP contribution in [0.3, 0.4) is 0 Å². The summed E-state index contributed by atoms with van der Waals surface area (Å²) in [5.74, 6) is 1.11. The van der Waals surface area contributed by atoms with Crippen LogP contribution in [0.1, 0.15) is 18.9 Å². The summed E-state index contributed by atoms with van der Waals surface area (Å²) in [5, 5.41) is 1.56. The van der Waals surface area contributed by atoms with Crippen molar-refractivity contribution in [2.45, 2.75) is 25.8 Å². The predicted molar refractivity (Wildman–Crippen MR) is 90.0 cm³/mol. The van der Waals surface area contributed by atoms with E-state index in [0.29, 0.717) is 26.6 Å². The lowest BCUT2D eigenvalue weighted by Crippen LogP contribution is -2.21. The standard InChI is InChI=1S/C16H16Cl3NO/c1-2-13(20)5-10-3-4-16(15(19)6-10)21-14-8-11(17)7-12(18)9-14/h3-4,6-9,13H,2,5,20H2,1H3. The largest absolute Gasteiger partial charge is 0.456 e. The molecule has 0 radical (unpaired) electrons. The Labute approximate surface area is 139 Å². The SMILES string of the molecule is CCC(N)Cc1ccc(Oc2cc(Cl)cc(Cl)c2)c(Cl)c1. The van der Waals surface area contributed by atoms with Gasteiger partial charge in [0.15, 0.2) is 0 Å². The number of halogens is 3. The first-order chi connectivity index (χ1) is 9.97. The van der Waals surface area contributed by atoms with E-state index in [0.717, 1.165) is 18.4 Å². The van der Waals surface area contributed by atoms with Crippen LogP contribution < -0.4 is 10.5 Å². The summed E-state index contributed by atoms with van der Waals surface area (Å²) in [5.41, 5.74) is 7.04. The fourth-order valence-corrected chi connectivity index (χ4v) is 2.66. The summed E-state index contributed by atoms with van der Waals surface area (Å²) in [6, 6.07) is 10.8. The number of rotatable bonds is 5. The molecule has 0 aliphatic carbocycles. The Morgan fingerprint density at radius 1 is 1.05 bits per heavy atom. The second kappa shape index (κ2) is 7.37. The van der Waals surface area contributed by atoms with Crippen LogP contribution in [0.4, 0.5) is 0 Å². The first-order valence-electron chi connectivity index (χ1n) is 6.66. The molecule has 1 atom stereocenters. The molecule has 0 spiro atoms. The van der Waals surface area contributed by atoms with Crippen molar-refractivity contribution in [1.82, 2.24) is 0 Å². The highest BCUT2D eigenvalue weighted by molar-refractivity contribution is 6.34. The van der Waals surface area contributed by atoms with Gasteiger partial charge in [-0.25, -0.2) is 0 Å². The van der Waals surface area contributed by atoms with Gasteiger partial charge < -0.3 is 10.5 Å². The van der Waals surface area contributed by atoms with E-state index in [9.17, 15) is 0 Å². The third kappa shape index (κ3) is 4.79. The number of ether oxygens (including phenoxy) is 1. The van der Waals surface area contributed by atoms with E-state index in [2.05, 4.69) is 6.92 Å². The van der Waals surface area contributed by atoms with Gasteiger partial charge in [0.05, 0.1) is 5.02 Å². The van der Waals surface area contributed by atoms with Crippen molar-refractivity contribution in [3.63, 3.8) is 0 Å². The van der Waals surface area contributed by atoms with E-state index >= 15 is 0 Å². The molecule has 0 aliphatic heterocycles. The van der Waals surface area contributed by atoms with Gasteiger partial charge in [-0.2, -0.15) is 0 Å². The molecule has 0 fully saturated rings. The van der Waals surface area contributed by atoms with Crippen LogP contribution >= 0.6 is 34.8 Å². The average molecular weight is 345 g/mol. The minimum Gasteiger partial charge on any atom is -0.456 e. The van der Waals surface area contributed by atoms with E-state index in [1.54, 1.807) is 18.2 Å². The second-order valence-electron chi connectivity index (χ2n) is 4.84. The molecule has 2 aromatic rings. The van der Waals surface area contributed by atoms with Crippen molar-refractivity contribution in [2.75, 3.05) is 0 Å². The van der Waals surface area contributed by atoms with Gasteiger partial charge in [-0.15, -0.1) is 0 Å². The van der Waals surface area contributed by atoms with Crippen LogP contribution in [-0.2, 0) is 6.42 Å². The summed E-state index contributed by atoms with van der Waals surface area (Å²) in [6.45, 7) is 2.06. The maximum absolute atomic E-state index is 6.25. The van der Waals surface area contributed by atoms with Crippen LogP contribution in [0, 0.1) is 0 Å². The van der Waals surface area contributed by atoms with Crippen molar-refractivity contribution in [1.29, 1.82) is 0 Å². The van der Waals surface area contributed by atoms with Crippen LogP contribution in [0.15, 0.2) is 36.4 Å². The zero-order valence-corrected chi connectivity index (χ0v) is 13.8. The molecule has 2 aromatic carbocycles. The lowest BCUT2D eigenvalue weighted by atomic mass is 10.0. The molecular weight excluding hydrogens is 329 g/mol. The lowest BCUT2D eigenvalue weighted by molar-refractivity contribution is 0.482. The Morgan fingerprint density at radius 2 is 1.71 bits per heavy atom. The molecule has 2 N–H and O–H groups in total. The maximum atomic E-state index is 6.25. The Kier molecular flexibility index (Phi) is 5.77. The molecule has 0 aromatic heterocycles. The Balaban J connectivity index is 2.17. The zero-order chi connectivity index (χ0) is 15.4. The fraction of sp³-hybridized carbons (Fsp3) is 0.250. The van der Waals surface area contributed by atoms with Gasteiger partial charge in [-0.05, 0) is 48.7 Å². The monoisotopic (exact) mass is 343 g/mol. The van der Waals surface area contributed by atoms with E-state index in [4.69, 9.17) is 45.3 Å². The molecule has 21 heavy (non-hydrogen) atoms. The zero-order valence-electron chi connectivity index (χ0n) is 11.6. The van der Waals surface area contributed by atoms with Crippen LogP contribution in [0.25, 0.3) is 0 Å². The Bertz CT molecular complexity index is 611. The van der Waals surface area contributed by atoms with Gasteiger partial charge in [0, 0.05) is 16.1 Å². The van der Waals surface area contributed by atoms with E-state index in [1.165, 1.54) is 0 Å². The van der Waals surface area contributed by atoms with Crippen molar-refractivity contribution in [3.05, 3.63) is 57.0 Å². The molecule has 0 bridgehead atoms. The Morgan fingerprint density at radius 3 is 2.29 bits per heavy atom. The van der Waals surface area contributed by atoms with Gasteiger partial charge in [-0.3, -0.25) is 0 Å². The quantitative estimate of drug-likeness (QED) is 0.753. The fourth-order valence-electron chi connectivity index (χ4n) is 1.92. The van der Waals surface area contributed by atoms with Crippen LogP contribution in [0.5, 0.6) is 11.5 Å². The molecule has 0 amide bonds. The first kappa shape index (κ1) is 16.4. The number of benzene rings is 2. The molecular formula is C16H16Cl3NO.